The van der Waals surface area contributed by atoms with E-state index in [0.29, 0.717) is 17.5 Å². The van der Waals surface area contributed by atoms with Crippen molar-refractivity contribution in [2.75, 3.05) is 20.8 Å². The number of methoxy groups -OCH3 is 2. The molecule has 0 aliphatic rings. The average molecular weight is 337 g/mol. The number of carbonyl (C=O) groups excluding carboxylic acids is 1. The molecule has 0 aliphatic heterocycles. The lowest BCUT2D eigenvalue weighted by Gasteiger charge is -2.15. The van der Waals surface area contributed by atoms with Crippen molar-refractivity contribution in [3.05, 3.63) is 35.4 Å². The molecule has 3 N–H and O–H groups in total. The number of hydrogen-bond donors (Lipinski definition) is 3. The second-order valence-electron chi connectivity index (χ2n) is 5.02. The number of benzene rings is 1. The van der Waals surface area contributed by atoms with Crippen LogP contribution in [0.5, 0.6) is 5.75 Å². The molecule has 0 saturated carbocycles. The predicted molar refractivity (Wildman–Crippen MR) is 95.1 cm³/mol. The Balaban J connectivity index is 2.50. The monoisotopic (exact) mass is 337 g/mol. The first-order valence-corrected chi connectivity index (χ1v) is 7.55. The third kappa shape index (κ3) is 7.12. The summed E-state index contributed by atoms with van der Waals surface area (Å²) in [5, 5.41) is 3.30. The molecule has 1 atom stereocenters. The summed E-state index contributed by atoms with van der Waals surface area (Å²) in [6, 6.07) is 5.79. The number of aryl methyl sites for hydroxylation is 1. The van der Waals surface area contributed by atoms with Gasteiger partial charge in [0, 0.05) is 24.8 Å². The molecule has 1 aromatic rings. The molecule has 0 radical (unpaired) electrons. The Hall–Kier alpha value is -2.12. The predicted octanol–water partition coefficient (Wildman–Crippen LogP) is 1.55. The molecule has 6 nitrogen and oxygen atoms in total. The standard InChI is InChI=1S/C16H23N3O3S/c1-11-5-7-14(22-4)13(9-11)6-8-15(20)18-19-16(23)17-12(2)10-21-3/h5-9,12H,10H2,1-4H3,(H,18,20)(H2,17,19,23)/b8-6+/t12-/m1/s1. The van der Waals surface area contributed by atoms with Crippen LogP contribution < -0.4 is 20.9 Å². The van der Waals surface area contributed by atoms with Crippen molar-refractivity contribution in [1.82, 2.24) is 16.2 Å². The maximum Gasteiger partial charge on any atom is 0.262 e. The van der Waals surface area contributed by atoms with E-state index in [1.54, 1.807) is 20.3 Å². The minimum absolute atomic E-state index is 0.0454. The fourth-order valence-corrected chi connectivity index (χ4v) is 2.11. The van der Waals surface area contributed by atoms with Crippen molar-refractivity contribution >= 4 is 29.3 Å². The fraction of sp³-hybridized carbons (Fsp3) is 0.375. The van der Waals surface area contributed by atoms with E-state index in [9.17, 15) is 4.79 Å². The summed E-state index contributed by atoms with van der Waals surface area (Å²) >= 11 is 5.06. The Labute approximate surface area is 142 Å². The highest BCUT2D eigenvalue weighted by molar-refractivity contribution is 7.80. The molecule has 7 heteroatoms. The third-order valence-electron chi connectivity index (χ3n) is 2.89. The molecule has 23 heavy (non-hydrogen) atoms. The number of hydrazine groups is 1. The van der Waals surface area contributed by atoms with Gasteiger partial charge in [0.1, 0.15) is 5.75 Å². The molecule has 1 amide bonds. The van der Waals surface area contributed by atoms with Crippen LogP contribution in [0.3, 0.4) is 0 Å². The summed E-state index contributed by atoms with van der Waals surface area (Å²) in [6.07, 6.45) is 3.10. The van der Waals surface area contributed by atoms with Crippen LogP contribution in [0, 0.1) is 6.92 Å². The molecule has 0 aliphatic carbocycles. The summed E-state index contributed by atoms with van der Waals surface area (Å²) in [4.78, 5) is 11.8. The smallest absolute Gasteiger partial charge is 0.262 e. The highest BCUT2D eigenvalue weighted by Crippen LogP contribution is 2.20. The van der Waals surface area contributed by atoms with Crippen LogP contribution in [0.25, 0.3) is 6.08 Å². The van der Waals surface area contributed by atoms with Gasteiger partial charge >= 0.3 is 0 Å². The van der Waals surface area contributed by atoms with Crippen molar-refractivity contribution in [2.45, 2.75) is 19.9 Å². The molecule has 0 spiro atoms. The average Bonchev–Trinajstić information content (AvgIpc) is 2.51. The van der Waals surface area contributed by atoms with E-state index in [2.05, 4.69) is 16.2 Å². The van der Waals surface area contributed by atoms with E-state index in [-0.39, 0.29) is 11.9 Å². The molecular weight excluding hydrogens is 314 g/mol. The lowest BCUT2D eigenvalue weighted by atomic mass is 10.1. The molecule has 1 rings (SSSR count). The number of thiocarbonyl (C=S) groups is 1. The highest BCUT2D eigenvalue weighted by Gasteiger charge is 2.04. The van der Waals surface area contributed by atoms with Gasteiger partial charge in [-0.1, -0.05) is 11.6 Å². The molecule has 0 saturated heterocycles. The molecule has 0 bridgehead atoms. The van der Waals surface area contributed by atoms with E-state index >= 15 is 0 Å². The minimum Gasteiger partial charge on any atom is -0.496 e. The summed E-state index contributed by atoms with van der Waals surface area (Å²) in [5.41, 5.74) is 7.04. The van der Waals surface area contributed by atoms with Crippen LogP contribution in [-0.2, 0) is 9.53 Å². The van der Waals surface area contributed by atoms with E-state index in [1.165, 1.54) is 6.08 Å². The van der Waals surface area contributed by atoms with Gasteiger partial charge in [-0.25, -0.2) is 0 Å². The maximum absolute atomic E-state index is 11.8. The SMILES string of the molecule is COC[C@@H](C)NC(=S)NNC(=O)/C=C/c1cc(C)ccc1OC. The molecule has 1 aromatic carbocycles. The Morgan fingerprint density at radius 2 is 2.09 bits per heavy atom. The first-order chi connectivity index (χ1) is 11.0. The highest BCUT2D eigenvalue weighted by atomic mass is 32.1. The van der Waals surface area contributed by atoms with E-state index in [4.69, 9.17) is 21.7 Å². The molecule has 0 fully saturated rings. The summed E-state index contributed by atoms with van der Waals surface area (Å²) in [6.45, 7) is 4.41. The Morgan fingerprint density at radius 3 is 2.74 bits per heavy atom. The fourth-order valence-electron chi connectivity index (χ4n) is 1.86. The van der Waals surface area contributed by atoms with Gasteiger partial charge in [0.15, 0.2) is 5.11 Å². The van der Waals surface area contributed by atoms with Crippen LogP contribution in [0.2, 0.25) is 0 Å². The molecule has 0 aromatic heterocycles. The Morgan fingerprint density at radius 1 is 1.35 bits per heavy atom. The normalized spacial score (nSPS) is 11.8. The van der Waals surface area contributed by atoms with Gasteiger partial charge in [-0.2, -0.15) is 0 Å². The minimum atomic E-state index is -0.322. The molecular formula is C16H23N3O3S. The molecule has 0 heterocycles. The maximum atomic E-state index is 11.8. The lowest BCUT2D eigenvalue weighted by molar-refractivity contribution is -0.116. The zero-order chi connectivity index (χ0) is 17.2. The van der Waals surface area contributed by atoms with E-state index in [0.717, 1.165) is 11.1 Å². The van der Waals surface area contributed by atoms with Gasteiger partial charge in [-0.05, 0) is 44.3 Å². The number of carbonyl (C=O) groups is 1. The summed E-state index contributed by atoms with van der Waals surface area (Å²) < 4.78 is 10.2. The summed E-state index contributed by atoms with van der Waals surface area (Å²) in [7, 11) is 3.20. The Kier molecular flexibility index (Phi) is 8.07. The van der Waals surface area contributed by atoms with Gasteiger partial charge in [-0.15, -0.1) is 0 Å². The van der Waals surface area contributed by atoms with Crippen LogP contribution in [-0.4, -0.2) is 37.9 Å². The van der Waals surface area contributed by atoms with Gasteiger partial charge in [-0.3, -0.25) is 15.6 Å². The quantitative estimate of drug-likeness (QED) is 0.416. The van der Waals surface area contributed by atoms with Crippen LogP contribution in [0.4, 0.5) is 0 Å². The van der Waals surface area contributed by atoms with Gasteiger partial charge in [0.05, 0.1) is 13.7 Å². The van der Waals surface area contributed by atoms with Crippen LogP contribution in [0.1, 0.15) is 18.1 Å². The van der Waals surface area contributed by atoms with Crippen molar-refractivity contribution in [3.8, 4) is 5.75 Å². The lowest BCUT2D eigenvalue weighted by Crippen LogP contribution is -2.49. The Bertz CT molecular complexity index is 576. The number of hydrogen-bond acceptors (Lipinski definition) is 4. The van der Waals surface area contributed by atoms with Crippen molar-refractivity contribution in [2.24, 2.45) is 0 Å². The second-order valence-corrected chi connectivity index (χ2v) is 5.43. The third-order valence-corrected chi connectivity index (χ3v) is 3.11. The first-order valence-electron chi connectivity index (χ1n) is 7.14. The topological polar surface area (TPSA) is 71.6 Å². The number of amides is 1. The first kappa shape index (κ1) is 18.9. The van der Waals surface area contributed by atoms with E-state index < -0.39 is 0 Å². The van der Waals surface area contributed by atoms with Gasteiger partial charge in [0.2, 0.25) is 0 Å². The number of rotatable bonds is 6. The van der Waals surface area contributed by atoms with Crippen LogP contribution in [0.15, 0.2) is 24.3 Å². The largest absolute Gasteiger partial charge is 0.496 e. The van der Waals surface area contributed by atoms with Gasteiger partial charge < -0.3 is 14.8 Å². The van der Waals surface area contributed by atoms with Gasteiger partial charge in [0.25, 0.3) is 5.91 Å². The van der Waals surface area contributed by atoms with Crippen molar-refractivity contribution < 1.29 is 14.3 Å². The number of nitrogens with one attached hydrogen (secondary N) is 3. The second kappa shape index (κ2) is 9.81. The molecule has 126 valence electrons. The zero-order valence-electron chi connectivity index (χ0n) is 13.8. The van der Waals surface area contributed by atoms with Crippen molar-refractivity contribution in [3.63, 3.8) is 0 Å². The zero-order valence-corrected chi connectivity index (χ0v) is 14.6. The summed E-state index contributed by atoms with van der Waals surface area (Å²) in [5.74, 6) is 0.385. The van der Waals surface area contributed by atoms with Crippen LogP contribution >= 0.6 is 12.2 Å². The number of ether oxygens (including phenoxy) is 2. The molecule has 0 unspecified atom stereocenters. The van der Waals surface area contributed by atoms with Crippen molar-refractivity contribution in [1.29, 1.82) is 0 Å². The van der Waals surface area contributed by atoms with E-state index in [1.807, 2.05) is 32.0 Å².